The molecule has 16 heavy (non-hydrogen) atoms. The number of piperazine rings is 1. The van der Waals surface area contributed by atoms with Gasteiger partial charge in [-0.3, -0.25) is 0 Å². The third-order valence-corrected chi connectivity index (χ3v) is 3.55. The van der Waals surface area contributed by atoms with E-state index < -0.39 is 0 Å². The molecule has 1 aliphatic rings. The summed E-state index contributed by atoms with van der Waals surface area (Å²) in [7, 11) is 4.30. The Kier molecular flexibility index (Phi) is 5.46. The maximum absolute atomic E-state index is 10.0. The first kappa shape index (κ1) is 13.7. The van der Waals surface area contributed by atoms with Gasteiger partial charge in [0.2, 0.25) is 0 Å². The molecular formula is C13H26N2O. The SMILES string of the molecule is C=C(CC)CC(O)CC1CN(C)CCN1C. The fraction of sp³-hybridized carbons (Fsp3) is 0.846. The van der Waals surface area contributed by atoms with Crippen molar-refractivity contribution in [1.82, 2.24) is 9.80 Å². The highest BCUT2D eigenvalue weighted by molar-refractivity contribution is 4.95. The van der Waals surface area contributed by atoms with Crippen LogP contribution >= 0.6 is 0 Å². The summed E-state index contributed by atoms with van der Waals surface area (Å²) in [6.07, 6.45) is 2.36. The van der Waals surface area contributed by atoms with Crippen molar-refractivity contribution in [2.75, 3.05) is 33.7 Å². The molecule has 94 valence electrons. The molecule has 0 radical (unpaired) electrons. The van der Waals surface area contributed by atoms with Crippen LogP contribution in [0.1, 0.15) is 26.2 Å². The van der Waals surface area contributed by atoms with Gasteiger partial charge in [-0.1, -0.05) is 19.1 Å². The van der Waals surface area contributed by atoms with Crippen LogP contribution in [0.25, 0.3) is 0 Å². The van der Waals surface area contributed by atoms with E-state index in [1.807, 2.05) is 0 Å². The molecule has 0 aromatic heterocycles. The zero-order chi connectivity index (χ0) is 12.1. The Bertz CT molecular complexity index is 230. The van der Waals surface area contributed by atoms with E-state index in [2.05, 4.69) is 37.4 Å². The van der Waals surface area contributed by atoms with Crippen molar-refractivity contribution in [3.8, 4) is 0 Å². The Hall–Kier alpha value is -0.380. The van der Waals surface area contributed by atoms with Gasteiger partial charge in [0.05, 0.1) is 6.10 Å². The first-order valence-corrected chi connectivity index (χ1v) is 6.26. The molecule has 0 aliphatic carbocycles. The summed E-state index contributed by atoms with van der Waals surface area (Å²) in [5, 5.41) is 10.0. The second-order valence-electron chi connectivity index (χ2n) is 5.09. The molecule has 0 amide bonds. The van der Waals surface area contributed by atoms with Crippen molar-refractivity contribution < 1.29 is 5.11 Å². The smallest absolute Gasteiger partial charge is 0.0592 e. The molecule has 0 spiro atoms. The predicted octanol–water partition coefficient (Wildman–Crippen LogP) is 1.34. The van der Waals surface area contributed by atoms with E-state index in [0.717, 1.165) is 44.5 Å². The first-order chi connectivity index (χ1) is 7.52. The average molecular weight is 226 g/mol. The Labute approximate surface area is 99.7 Å². The minimum absolute atomic E-state index is 0.230. The molecule has 1 fully saturated rings. The van der Waals surface area contributed by atoms with Crippen LogP contribution in [0.4, 0.5) is 0 Å². The number of hydrogen-bond acceptors (Lipinski definition) is 3. The quantitative estimate of drug-likeness (QED) is 0.717. The summed E-state index contributed by atoms with van der Waals surface area (Å²) in [5.41, 5.74) is 1.15. The van der Waals surface area contributed by atoms with Crippen molar-refractivity contribution in [3.63, 3.8) is 0 Å². The maximum atomic E-state index is 10.0. The fourth-order valence-corrected chi connectivity index (χ4v) is 2.23. The summed E-state index contributed by atoms with van der Waals surface area (Å²) in [6, 6.07) is 0.485. The minimum atomic E-state index is -0.230. The molecule has 3 nitrogen and oxygen atoms in total. The zero-order valence-corrected chi connectivity index (χ0v) is 10.9. The van der Waals surface area contributed by atoms with Crippen LogP contribution in [0.5, 0.6) is 0 Å². The van der Waals surface area contributed by atoms with Crippen molar-refractivity contribution in [3.05, 3.63) is 12.2 Å². The van der Waals surface area contributed by atoms with Crippen molar-refractivity contribution in [1.29, 1.82) is 0 Å². The normalized spacial score (nSPS) is 25.6. The highest BCUT2D eigenvalue weighted by atomic mass is 16.3. The van der Waals surface area contributed by atoms with E-state index >= 15 is 0 Å². The minimum Gasteiger partial charge on any atom is -0.393 e. The summed E-state index contributed by atoms with van der Waals surface area (Å²) in [6.45, 7) is 9.34. The lowest BCUT2D eigenvalue weighted by molar-refractivity contribution is 0.0637. The lowest BCUT2D eigenvalue weighted by Gasteiger charge is -2.38. The lowest BCUT2D eigenvalue weighted by atomic mass is 9.99. The largest absolute Gasteiger partial charge is 0.393 e. The highest BCUT2D eigenvalue weighted by Gasteiger charge is 2.24. The molecule has 0 saturated carbocycles. The Morgan fingerprint density at radius 1 is 1.44 bits per heavy atom. The molecule has 0 aromatic carbocycles. The van der Waals surface area contributed by atoms with Crippen LogP contribution in [0.2, 0.25) is 0 Å². The number of aliphatic hydroxyl groups excluding tert-OH is 1. The van der Waals surface area contributed by atoms with Crippen LogP contribution in [-0.2, 0) is 0 Å². The molecular weight excluding hydrogens is 200 g/mol. The standard InChI is InChI=1S/C13H26N2O/c1-5-11(2)8-13(16)9-12-10-14(3)6-7-15(12)4/h12-13,16H,2,5-10H2,1,3-4H3. The van der Waals surface area contributed by atoms with Crippen LogP contribution in [0, 0.1) is 0 Å². The molecule has 0 bridgehead atoms. The first-order valence-electron chi connectivity index (χ1n) is 6.26. The van der Waals surface area contributed by atoms with Crippen LogP contribution in [0.15, 0.2) is 12.2 Å². The highest BCUT2D eigenvalue weighted by Crippen LogP contribution is 2.16. The number of hydrogen-bond donors (Lipinski definition) is 1. The lowest BCUT2D eigenvalue weighted by Crippen LogP contribution is -2.51. The molecule has 1 N–H and O–H groups in total. The van der Waals surface area contributed by atoms with E-state index in [4.69, 9.17) is 0 Å². The zero-order valence-electron chi connectivity index (χ0n) is 10.9. The topological polar surface area (TPSA) is 26.7 Å². The molecule has 1 aliphatic heterocycles. The van der Waals surface area contributed by atoms with Gasteiger partial charge in [0.1, 0.15) is 0 Å². The maximum Gasteiger partial charge on any atom is 0.0592 e. The summed E-state index contributed by atoms with van der Waals surface area (Å²) in [4.78, 5) is 4.70. The van der Waals surface area contributed by atoms with Crippen LogP contribution < -0.4 is 0 Å². The van der Waals surface area contributed by atoms with Crippen molar-refractivity contribution in [2.45, 2.75) is 38.3 Å². The third kappa shape index (κ3) is 4.24. The number of aliphatic hydroxyl groups is 1. The molecule has 1 rings (SSSR count). The molecule has 1 saturated heterocycles. The second kappa shape index (κ2) is 6.38. The monoisotopic (exact) mass is 226 g/mol. The van der Waals surface area contributed by atoms with Crippen LogP contribution in [-0.4, -0.2) is 60.8 Å². The van der Waals surface area contributed by atoms with E-state index in [1.165, 1.54) is 0 Å². The molecule has 2 atom stereocenters. The van der Waals surface area contributed by atoms with E-state index in [9.17, 15) is 5.11 Å². The van der Waals surface area contributed by atoms with Crippen LogP contribution in [0.3, 0.4) is 0 Å². The number of likely N-dealkylation sites (N-methyl/N-ethyl adjacent to an activating group) is 2. The Morgan fingerprint density at radius 2 is 2.12 bits per heavy atom. The molecule has 2 unspecified atom stereocenters. The summed E-state index contributed by atoms with van der Waals surface area (Å²) < 4.78 is 0. The second-order valence-corrected chi connectivity index (χ2v) is 5.09. The molecule has 1 heterocycles. The molecule has 0 aromatic rings. The van der Waals surface area contributed by atoms with Crippen molar-refractivity contribution in [2.24, 2.45) is 0 Å². The molecule has 3 heteroatoms. The van der Waals surface area contributed by atoms with Gasteiger partial charge in [-0.05, 0) is 33.4 Å². The van der Waals surface area contributed by atoms with Gasteiger partial charge >= 0.3 is 0 Å². The Morgan fingerprint density at radius 3 is 2.75 bits per heavy atom. The van der Waals surface area contributed by atoms with Gasteiger partial charge in [-0.15, -0.1) is 0 Å². The van der Waals surface area contributed by atoms with Crippen molar-refractivity contribution >= 4 is 0 Å². The van der Waals surface area contributed by atoms with Gasteiger partial charge in [-0.2, -0.15) is 0 Å². The third-order valence-electron chi connectivity index (χ3n) is 3.55. The summed E-state index contributed by atoms with van der Waals surface area (Å²) >= 11 is 0. The van der Waals surface area contributed by atoms with Gasteiger partial charge in [-0.25, -0.2) is 0 Å². The van der Waals surface area contributed by atoms with Gasteiger partial charge in [0.15, 0.2) is 0 Å². The van der Waals surface area contributed by atoms with E-state index in [0.29, 0.717) is 6.04 Å². The fourth-order valence-electron chi connectivity index (χ4n) is 2.23. The van der Waals surface area contributed by atoms with Gasteiger partial charge in [0.25, 0.3) is 0 Å². The van der Waals surface area contributed by atoms with Gasteiger partial charge in [0, 0.05) is 25.7 Å². The van der Waals surface area contributed by atoms with E-state index in [-0.39, 0.29) is 6.10 Å². The van der Waals surface area contributed by atoms with Gasteiger partial charge < -0.3 is 14.9 Å². The average Bonchev–Trinajstić information content (AvgIpc) is 2.23. The predicted molar refractivity (Wildman–Crippen MR) is 68.6 cm³/mol. The summed E-state index contributed by atoms with van der Waals surface area (Å²) in [5.74, 6) is 0. The van der Waals surface area contributed by atoms with E-state index in [1.54, 1.807) is 0 Å². The number of nitrogens with zero attached hydrogens (tertiary/aromatic N) is 2. The number of rotatable bonds is 5. The Balaban J connectivity index is 2.36.